The number of thioether (sulfide) groups is 1. The minimum atomic E-state index is -4.67. The second-order valence-corrected chi connectivity index (χ2v) is 4.90. The number of carbonyl (C=O) groups excluding carboxylic acids is 1. The molecule has 1 fully saturated rings. The van der Waals surface area contributed by atoms with Crippen LogP contribution in [0.3, 0.4) is 0 Å². The van der Waals surface area contributed by atoms with Crippen molar-refractivity contribution in [2.75, 3.05) is 37.9 Å². The van der Waals surface area contributed by atoms with E-state index in [1.54, 1.807) is 4.90 Å². The van der Waals surface area contributed by atoms with Crippen LogP contribution in [0.25, 0.3) is 0 Å². The summed E-state index contributed by atoms with van der Waals surface area (Å²) in [5.41, 5.74) is 0. The van der Waals surface area contributed by atoms with Crippen molar-refractivity contribution in [3.8, 4) is 0 Å². The standard InChI is InChI=1S/C9H12F3N5O2S/c10-9(11,12)7-14-15-8(17(7)13)20-5-6(18)16-1-3-19-4-2-16/h1-5,13H2. The number of carbonyl (C=O) groups is 1. The summed E-state index contributed by atoms with van der Waals surface area (Å²) in [6, 6.07) is 0. The molecule has 0 saturated carbocycles. The van der Waals surface area contributed by atoms with Crippen molar-refractivity contribution in [3.05, 3.63) is 5.82 Å². The minimum Gasteiger partial charge on any atom is -0.378 e. The van der Waals surface area contributed by atoms with Crippen LogP contribution < -0.4 is 5.84 Å². The third kappa shape index (κ3) is 3.33. The Bertz CT molecular complexity index is 486. The number of hydrogen-bond acceptors (Lipinski definition) is 6. The van der Waals surface area contributed by atoms with Crippen LogP contribution in [0.5, 0.6) is 0 Å². The van der Waals surface area contributed by atoms with E-state index in [0.717, 1.165) is 11.8 Å². The molecule has 0 bridgehead atoms. The van der Waals surface area contributed by atoms with E-state index in [0.29, 0.717) is 31.0 Å². The molecule has 2 rings (SSSR count). The van der Waals surface area contributed by atoms with Crippen LogP contribution in [-0.2, 0) is 15.7 Å². The van der Waals surface area contributed by atoms with Crippen molar-refractivity contribution >= 4 is 17.7 Å². The molecule has 0 spiro atoms. The van der Waals surface area contributed by atoms with Crippen LogP contribution in [0.15, 0.2) is 5.16 Å². The van der Waals surface area contributed by atoms with Gasteiger partial charge in [-0.3, -0.25) is 4.79 Å². The first-order valence-electron chi connectivity index (χ1n) is 5.65. The molecule has 1 saturated heterocycles. The molecule has 1 aromatic heterocycles. The average Bonchev–Trinajstić information content (AvgIpc) is 2.78. The number of nitrogens with zero attached hydrogens (tertiary/aromatic N) is 4. The number of halogens is 3. The fourth-order valence-corrected chi connectivity index (χ4v) is 2.36. The highest BCUT2D eigenvalue weighted by Gasteiger charge is 2.38. The van der Waals surface area contributed by atoms with Gasteiger partial charge in [0.2, 0.25) is 11.1 Å². The van der Waals surface area contributed by atoms with Crippen molar-refractivity contribution in [3.63, 3.8) is 0 Å². The predicted molar refractivity (Wildman–Crippen MR) is 63.3 cm³/mol. The Labute approximate surface area is 116 Å². The van der Waals surface area contributed by atoms with Gasteiger partial charge in [-0.25, -0.2) is 4.68 Å². The summed E-state index contributed by atoms with van der Waals surface area (Å²) in [5.74, 6) is 3.72. The number of rotatable bonds is 3. The summed E-state index contributed by atoms with van der Waals surface area (Å²) in [5, 5.41) is 6.16. The minimum absolute atomic E-state index is 0.0484. The van der Waals surface area contributed by atoms with E-state index in [-0.39, 0.29) is 16.8 Å². The topological polar surface area (TPSA) is 86.3 Å². The Morgan fingerprint density at radius 1 is 1.35 bits per heavy atom. The lowest BCUT2D eigenvalue weighted by atomic mass is 10.4. The maximum atomic E-state index is 12.5. The second-order valence-electron chi connectivity index (χ2n) is 3.96. The number of alkyl halides is 3. The average molecular weight is 311 g/mol. The van der Waals surface area contributed by atoms with Gasteiger partial charge in [-0.15, -0.1) is 10.2 Å². The Hall–Kier alpha value is -1.49. The van der Waals surface area contributed by atoms with Gasteiger partial charge in [-0.2, -0.15) is 13.2 Å². The lowest BCUT2D eigenvalue weighted by Crippen LogP contribution is -2.41. The van der Waals surface area contributed by atoms with Gasteiger partial charge in [0.25, 0.3) is 5.82 Å². The summed E-state index contributed by atoms with van der Waals surface area (Å²) in [4.78, 5) is 13.4. The molecule has 7 nitrogen and oxygen atoms in total. The quantitative estimate of drug-likeness (QED) is 0.623. The van der Waals surface area contributed by atoms with E-state index < -0.39 is 12.0 Å². The van der Waals surface area contributed by atoms with Crippen LogP contribution in [0.2, 0.25) is 0 Å². The fraction of sp³-hybridized carbons (Fsp3) is 0.667. The highest BCUT2D eigenvalue weighted by Crippen LogP contribution is 2.28. The van der Waals surface area contributed by atoms with E-state index >= 15 is 0 Å². The summed E-state index contributed by atoms with van der Waals surface area (Å²) in [6.45, 7) is 1.87. The third-order valence-electron chi connectivity index (χ3n) is 2.61. The molecule has 0 aromatic carbocycles. The maximum Gasteiger partial charge on any atom is 0.453 e. The lowest BCUT2D eigenvalue weighted by molar-refractivity contribution is -0.146. The van der Waals surface area contributed by atoms with Crippen LogP contribution >= 0.6 is 11.8 Å². The number of hydrogen-bond donors (Lipinski definition) is 1. The zero-order chi connectivity index (χ0) is 14.8. The lowest BCUT2D eigenvalue weighted by Gasteiger charge is -2.26. The van der Waals surface area contributed by atoms with Crippen LogP contribution in [-0.4, -0.2) is 57.7 Å². The summed E-state index contributed by atoms with van der Waals surface area (Å²) < 4.78 is 42.8. The van der Waals surface area contributed by atoms with E-state index in [2.05, 4.69) is 10.2 Å². The second kappa shape index (κ2) is 5.87. The number of nitrogens with two attached hydrogens (primary N) is 1. The van der Waals surface area contributed by atoms with Gasteiger partial charge in [-0.05, 0) is 0 Å². The molecular weight excluding hydrogens is 299 g/mol. The largest absolute Gasteiger partial charge is 0.453 e. The maximum absolute atomic E-state index is 12.5. The zero-order valence-corrected chi connectivity index (χ0v) is 11.1. The van der Waals surface area contributed by atoms with E-state index in [1.165, 1.54) is 0 Å². The Balaban J connectivity index is 1.94. The Morgan fingerprint density at radius 3 is 2.55 bits per heavy atom. The SMILES string of the molecule is Nn1c(SCC(=O)N2CCOCC2)nnc1C(F)(F)F. The smallest absolute Gasteiger partial charge is 0.378 e. The van der Waals surface area contributed by atoms with Crippen molar-refractivity contribution in [1.82, 2.24) is 19.8 Å². The molecule has 0 aliphatic carbocycles. The molecule has 1 aliphatic rings. The van der Waals surface area contributed by atoms with Crippen molar-refractivity contribution < 1.29 is 22.7 Å². The molecule has 2 N–H and O–H groups in total. The summed E-state index contributed by atoms with van der Waals surface area (Å²) >= 11 is 0.818. The number of morpholine rings is 1. The van der Waals surface area contributed by atoms with Crippen LogP contribution in [0.1, 0.15) is 5.82 Å². The first kappa shape index (κ1) is 14.9. The molecule has 0 atom stereocenters. The third-order valence-corrected chi connectivity index (χ3v) is 3.53. The zero-order valence-electron chi connectivity index (χ0n) is 10.3. The number of aromatic nitrogens is 3. The van der Waals surface area contributed by atoms with Crippen molar-refractivity contribution in [2.45, 2.75) is 11.3 Å². The molecule has 20 heavy (non-hydrogen) atoms. The van der Waals surface area contributed by atoms with Gasteiger partial charge in [0.1, 0.15) is 0 Å². The first-order valence-corrected chi connectivity index (χ1v) is 6.64. The van der Waals surface area contributed by atoms with E-state index in [4.69, 9.17) is 10.6 Å². The molecule has 11 heteroatoms. The van der Waals surface area contributed by atoms with Gasteiger partial charge in [0.05, 0.1) is 19.0 Å². The Kier molecular flexibility index (Phi) is 4.38. The molecule has 1 aliphatic heterocycles. The van der Waals surface area contributed by atoms with Crippen LogP contribution in [0, 0.1) is 0 Å². The molecule has 112 valence electrons. The highest BCUT2D eigenvalue weighted by atomic mass is 32.2. The number of amides is 1. The molecule has 1 aromatic rings. The molecule has 0 radical (unpaired) electrons. The Morgan fingerprint density at radius 2 is 2.00 bits per heavy atom. The van der Waals surface area contributed by atoms with Crippen molar-refractivity contribution in [2.24, 2.45) is 0 Å². The molecule has 1 amide bonds. The molecule has 0 unspecified atom stereocenters. The van der Waals surface area contributed by atoms with E-state index in [9.17, 15) is 18.0 Å². The van der Waals surface area contributed by atoms with Gasteiger partial charge in [-0.1, -0.05) is 11.8 Å². The summed E-state index contributed by atoms with van der Waals surface area (Å²) in [6.07, 6.45) is -4.67. The van der Waals surface area contributed by atoms with Gasteiger partial charge in [0.15, 0.2) is 0 Å². The first-order chi connectivity index (χ1) is 9.39. The summed E-state index contributed by atoms with van der Waals surface area (Å²) in [7, 11) is 0. The molecule has 2 heterocycles. The van der Waals surface area contributed by atoms with Crippen LogP contribution in [0.4, 0.5) is 13.2 Å². The monoisotopic (exact) mass is 311 g/mol. The predicted octanol–water partition coefficient (Wildman–Crippen LogP) is -0.0384. The highest BCUT2D eigenvalue weighted by molar-refractivity contribution is 7.99. The van der Waals surface area contributed by atoms with Gasteiger partial charge < -0.3 is 15.5 Å². The van der Waals surface area contributed by atoms with Gasteiger partial charge >= 0.3 is 6.18 Å². The normalized spacial score (nSPS) is 16.4. The number of nitrogen functional groups attached to an aromatic ring is 1. The van der Waals surface area contributed by atoms with E-state index in [1.807, 2.05) is 0 Å². The van der Waals surface area contributed by atoms with Crippen molar-refractivity contribution in [1.29, 1.82) is 0 Å². The van der Waals surface area contributed by atoms with Gasteiger partial charge in [0, 0.05) is 13.1 Å². The molecular formula is C9H12F3N5O2S. The number of ether oxygens (including phenoxy) is 1. The fourth-order valence-electron chi connectivity index (χ4n) is 1.60.